The maximum atomic E-state index is 11.6. The lowest BCUT2D eigenvalue weighted by atomic mass is 10.1. The van der Waals surface area contributed by atoms with Crippen molar-refractivity contribution in [1.29, 1.82) is 0 Å². The molecule has 5 heteroatoms. The number of nitro benzene ring substituents is 1. The molecule has 0 bridgehead atoms. The van der Waals surface area contributed by atoms with Gasteiger partial charge in [-0.3, -0.25) is 14.9 Å². The number of rotatable bonds is 1. The van der Waals surface area contributed by atoms with Crippen LogP contribution in [0.4, 0.5) is 5.69 Å². The van der Waals surface area contributed by atoms with Crippen LogP contribution in [-0.2, 0) is 0 Å². The van der Waals surface area contributed by atoms with E-state index in [0.717, 1.165) is 16.6 Å². The van der Waals surface area contributed by atoms with Crippen LogP contribution in [0.5, 0.6) is 0 Å². The van der Waals surface area contributed by atoms with Crippen molar-refractivity contribution < 1.29 is 4.92 Å². The number of hydrogen-bond acceptors (Lipinski definition) is 3. The summed E-state index contributed by atoms with van der Waals surface area (Å²) in [6.07, 6.45) is 0. The van der Waals surface area contributed by atoms with Crippen LogP contribution in [0.15, 0.2) is 23.0 Å². The van der Waals surface area contributed by atoms with E-state index < -0.39 is 4.92 Å². The molecule has 0 saturated carbocycles. The van der Waals surface area contributed by atoms with Crippen LogP contribution < -0.4 is 5.56 Å². The predicted molar refractivity (Wildman–Crippen MR) is 60.7 cm³/mol. The number of H-pyrrole nitrogens is 1. The molecule has 16 heavy (non-hydrogen) atoms. The highest BCUT2D eigenvalue weighted by Crippen LogP contribution is 2.21. The minimum Gasteiger partial charge on any atom is -0.326 e. The number of non-ortho nitro benzene ring substituents is 1. The minimum absolute atomic E-state index is 0.0683. The van der Waals surface area contributed by atoms with E-state index in [1.54, 1.807) is 13.0 Å². The van der Waals surface area contributed by atoms with E-state index in [4.69, 9.17) is 0 Å². The van der Waals surface area contributed by atoms with E-state index in [1.807, 2.05) is 6.92 Å². The average molecular weight is 218 g/mol. The number of aromatic nitrogens is 1. The molecule has 0 fully saturated rings. The smallest absolute Gasteiger partial charge is 0.270 e. The zero-order valence-corrected chi connectivity index (χ0v) is 8.90. The third-order valence-corrected chi connectivity index (χ3v) is 2.73. The largest absolute Gasteiger partial charge is 0.326 e. The van der Waals surface area contributed by atoms with Gasteiger partial charge in [-0.05, 0) is 30.9 Å². The van der Waals surface area contributed by atoms with Gasteiger partial charge < -0.3 is 4.98 Å². The van der Waals surface area contributed by atoms with Crippen LogP contribution in [0.1, 0.15) is 11.3 Å². The van der Waals surface area contributed by atoms with Crippen molar-refractivity contribution in [3.63, 3.8) is 0 Å². The maximum absolute atomic E-state index is 11.6. The van der Waals surface area contributed by atoms with Gasteiger partial charge in [-0.25, -0.2) is 0 Å². The second-order valence-electron chi connectivity index (χ2n) is 3.69. The predicted octanol–water partition coefficient (Wildman–Crippen LogP) is 2.05. The third-order valence-electron chi connectivity index (χ3n) is 2.73. The van der Waals surface area contributed by atoms with Gasteiger partial charge in [0.15, 0.2) is 0 Å². The van der Waals surface area contributed by atoms with Crippen molar-refractivity contribution in [2.75, 3.05) is 0 Å². The number of fused-ring (bicyclic) bond motifs is 1. The molecule has 0 aliphatic heterocycles. The van der Waals surface area contributed by atoms with Gasteiger partial charge in [0.2, 0.25) is 0 Å². The summed E-state index contributed by atoms with van der Waals surface area (Å²) in [5.41, 5.74) is 1.36. The Hall–Kier alpha value is -2.17. The maximum Gasteiger partial charge on any atom is 0.270 e. The molecule has 0 atom stereocenters. The van der Waals surface area contributed by atoms with Gasteiger partial charge in [0.25, 0.3) is 11.2 Å². The Bertz CT molecular complexity index is 643. The van der Waals surface area contributed by atoms with Crippen LogP contribution in [0.25, 0.3) is 10.8 Å². The van der Waals surface area contributed by atoms with Crippen molar-refractivity contribution >= 4 is 16.5 Å². The fourth-order valence-electron chi connectivity index (χ4n) is 1.69. The molecule has 1 N–H and O–H groups in total. The second kappa shape index (κ2) is 3.44. The zero-order chi connectivity index (χ0) is 11.9. The van der Waals surface area contributed by atoms with Gasteiger partial charge in [0.1, 0.15) is 0 Å². The monoisotopic (exact) mass is 218 g/mol. The van der Waals surface area contributed by atoms with Crippen LogP contribution in [0.2, 0.25) is 0 Å². The van der Waals surface area contributed by atoms with Crippen molar-refractivity contribution in [3.8, 4) is 0 Å². The number of nitrogens with one attached hydrogen (secondary N) is 1. The van der Waals surface area contributed by atoms with Crippen LogP contribution in [-0.4, -0.2) is 9.91 Å². The Morgan fingerprint density at radius 1 is 1.25 bits per heavy atom. The molecule has 1 aromatic heterocycles. The standard InChI is InChI=1S/C11H10N2O3/c1-6-7(2)12-11(14)10-5-8(13(15)16)3-4-9(6)10/h3-5H,1-2H3,(H,12,14). The van der Waals surface area contributed by atoms with Crippen LogP contribution >= 0.6 is 0 Å². The Balaban J connectivity index is 2.90. The quantitative estimate of drug-likeness (QED) is 0.587. The first-order chi connectivity index (χ1) is 7.50. The molecule has 0 amide bonds. The van der Waals surface area contributed by atoms with E-state index in [2.05, 4.69) is 4.98 Å². The summed E-state index contributed by atoms with van der Waals surface area (Å²) in [5.74, 6) is 0. The van der Waals surface area contributed by atoms with Gasteiger partial charge in [0.05, 0.1) is 10.3 Å². The Morgan fingerprint density at radius 2 is 1.94 bits per heavy atom. The highest BCUT2D eigenvalue weighted by molar-refractivity contribution is 5.87. The van der Waals surface area contributed by atoms with Crippen molar-refractivity contribution in [1.82, 2.24) is 4.98 Å². The third kappa shape index (κ3) is 1.46. The molecule has 0 spiro atoms. The molecule has 82 valence electrons. The lowest BCUT2D eigenvalue weighted by Gasteiger charge is -2.04. The number of pyridine rings is 1. The SMILES string of the molecule is Cc1[nH]c(=O)c2cc([N+](=O)[O-])ccc2c1C. The number of aryl methyl sites for hydroxylation is 2. The molecular weight excluding hydrogens is 208 g/mol. The van der Waals surface area contributed by atoms with E-state index in [9.17, 15) is 14.9 Å². The van der Waals surface area contributed by atoms with E-state index >= 15 is 0 Å². The minimum atomic E-state index is -0.506. The summed E-state index contributed by atoms with van der Waals surface area (Å²) in [6.45, 7) is 3.68. The number of nitrogens with zero attached hydrogens (tertiary/aromatic N) is 1. The van der Waals surface area contributed by atoms with Gasteiger partial charge >= 0.3 is 0 Å². The van der Waals surface area contributed by atoms with Crippen molar-refractivity contribution in [2.24, 2.45) is 0 Å². The highest BCUT2D eigenvalue weighted by Gasteiger charge is 2.10. The fraction of sp³-hybridized carbons (Fsp3) is 0.182. The van der Waals surface area contributed by atoms with Gasteiger partial charge in [0, 0.05) is 17.8 Å². The molecular formula is C11H10N2O3. The summed E-state index contributed by atoms with van der Waals surface area (Å²) in [5, 5.41) is 11.7. The molecule has 2 aromatic rings. The average Bonchev–Trinajstić information content (AvgIpc) is 2.25. The molecule has 1 aromatic carbocycles. The molecule has 0 saturated heterocycles. The number of benzene rings is 1. The number of aromatic amines is 1. The molecule has 0 radical (unpaired) electrons. The topological polar surface area (TPSA) is 76.0 Å². The summed E-state index contributed by atoms with van der Waals surface area (Å²) >= 11 is 0. The van der Waals surface area contributed by atoms with Gasteiger partial charge in [-0.2, -0.15) is 0 Å². The van der Waals surface area contributed by atoms with Crippen LogP contribution in [0.3, 0.4) is 0 Å². The van der Waals surface area contributed by atoms with E-state index in [1.165, 1.54) is 12.1 Å². The van der Waals surface area contributed by atoms with E-state index in [-0.39, 0.29) is 11.2 Å². The molecule has 2 rings (SSSR count). The van der Waals surface area contributed by atoms with Gasteiger partial charge in [-0.1, -0.05) is 0 Å². The van der Waals surface area contributed by atoms with Crippen LogP contribution in [0, 0.1) is 24.0 Å². The molecule has 5 nitrogen and oxygen atoms in total. The zero-order valence-electron chi connectivity index (χ0n) is 8.90. The fourth-order valence-corrected chi connectivity index (χ4v) is 1.69. The van der Waals surface area contributed by atoms with Gasteiger partial charge in [-0.15, -0.1) is 0 Å². The lowest BCUT2D eigenvalue weighted by molar-refractivity contribution is -0.384. The molecule has 0 aliphatic carbocycles. The molecule has 1 heterocycles. The number of hydrogen-bond donors (Lipinski definition) is 1. The summed E-state index contributed by atoms with van der Waals surface area (Å²) < 4.78 is 0. The molecule has 0 unspecified atom stereocenters. The lowest BCUT2D eigenvalue weighted by Crippen LogP contribution is -2.09. The Morgan fingerprint density at radius 3 is 2.56 bits per heavy atom. The van der Waals surface area contributed by atoms with Crippen molar-refractivity contribution in [3.05, 3.63) is 49.9 Å². The van der Waals surface area contributed by atoms with Crippen molar-refractivity contribution in [2.45, 2.75) is 13.8 Å². The summed E-state index contributed by atoms with van der Waals surface area (Å²) in [4.78, 5) is 24.4. The second-order valence-corrected chi connectivity index (χ2v) is 3.69. The first-order valence-electron chi connectivity index (χ1n) is 4.78. The first-order valence-corrected chi connectivity index (χ1v) is 4.78. The molecule has 0 aliphatic rings. The number of nitro groups is 1. The summed E-state index contributed by atoms with van der Waals surface area (Å²) in [7, 11) is 0. The Kier molecular flexibility index (Phi) is 2.23. The summed E-state index contributed by atoms with van der Waals surface area (Å²) in [6, 6.07) is 4.33. The Labute approximate surface area is 90.9 Å². The first kappa shape index (κ1) is 10.4. The highest BCUT2D eigenvalue weighted by atomic mass is 16.6. The van der Waals surface area contributed by atoms with E-state index in [0.29, 0.717) is 5.39 Å². The normalized spacial score (nSPS) is 10.6.